The maximum absolute atomic E-state index is 13.3. The average Bonchev–Trinajstić information content (AvgIpc) is 3.14. The zero-order valence-corrected chi connectivity index (χ0v) is 16.7. The summed E-state index contributed by atoms with van der Waals surface area (Å²) >= 11 is 6.00. The van der Waals surface area contributed by atoms with E-state index in [1.807, 2.05) is 0 Å². The highest BCUT2D eigenvalue weighted by molar-refractivity contribution is 7.89. The molecule has 0 spiro atoms. The molecule has 0 unspecified atom stereocenters. The van der Waals surface area contributed by atoms with Crippen LogP contribution in [0.5, 0.6) is 5.75 Å². The van der Waals surface area contributed by atoms with Gasteiger partial charge in [-0.1, -0.05) is 16.8 Å². The fourth-order valence-electron chi connectivity index (χ4n) is 3.20. The Morgan fingerprint density at radius 1 is 1.33 bits per heavy atom. The molecule has 1 saturated heterocycles. The summed E-state index contributed by atoms with van der Waals surface area (Å²) in [6.07, 6.45) is 1.34. The van der Waals surface area contributed by atoms with Crippen molar-refractivity contribution < 1.29 is 17.9 Å². The van der Waals surface area contributed by atoms with Crippen LogP contribution < -0.4 is 4.74 Å². The lowest BCUT2D eigenvalue weighted by Crippen LogP contribution is -2.61. The van der Waals surface area contributed by atoms with E-state index in [2.05, 4.69) is 15.4 Å². The van der Waals surface area contributed by atoms with E-state index in [1.165, 1.54) is 29.7 Å². The van der Waals surface area contributed by atoms with Gasteiger partial charge < -0.3 is 9.64 Å². The van der Waals surface area contributed by atoms with Gasteiger partial charge in [-0.15, -0.1) is 5.10 Å². The molecule has 1 aromatic heterocycles. The van der Waals surface area contributed by atoms with E-state index in [9.17, 15) is 13.2 Å². The first-order valence-corrected chi connectivity index (χ1v) is 10.0. The van der Waals surface area contributed by atoms with Crippen molar-refractivity contribution in [3.63, 3.8) is 0 Å². The molecule has 146 valence electrons. The first-order chi connectivity index (χ1) is 12.7. The number of sulfonamides is 1. The number of nitrogens with zero attached hydrogens (tertiary/aromatic N) is 4. The zero-order valence-electron chi connectivity index (χ0n) is 15.1. The van der Waals surface area contributed by atoms with Crippen molar-refractivity contribution >= 4 is 27.5 Å². The minimum absolute atomic E-state index is 0.00289. The molecular formula is C16H20ClN5O4S. The Morgan fingerprint density at radius 3 is 2.67 bits per heavy atom. The first kappa shape index (κ1) is 19.6. The summed E-state index contributed by atoms with van der Waals surface area (Å²) in [4.78, 5) is 14.1. The maximum Gasteiger partial charge on any atom is 0.273 e. The number of H-pyrrole nitrogens is 1. The molecule has 1 aliphatic rings. The van der Waals surface area contributed by atoms with Crippen LogP contribution in [0.2, 0.25) is 5.02 Å². The van der Waals surface area contributed by atoms with Gasteiger partial charge in [-0.25, -0.2) is 8.42 Å². The third-order valence-corrected chi connectivity index (χ3v) is 6.82. The highest BCUT2D eigenvalue weighted by atomic mass is 35.5. The number of amides is 1. The zero-order chi connectivity index (χ0) is 19.8. The molecule has 0 atom stereocenters. The molecule has 9 nitrogen and oxygen atoms in total. The number of benzene rings is 1. The van der Waals surface area contributed by atoms with Gasteiger partial charge in [0, 0.05) is 30.2 Å². The number of ether oxygens (including phenoxy) is 1. The Balaban J connectivity index is 1.90. The summed E-state index contributed by atoms with van der Waals surface area (Å²) in [6, 6.07) is 4.46. The lowest BCUT2D eigenvalue weighted by molar-refractivity contribution is 0.0489. The monoisotopic (exact) mass is 413 g/mol. The van der Waals surface area contributed by atoms with Crippen LogP contribution in [-0.2, 0) is 10.0 Å². The van der Waals surface area contributed by atoms with Crippen molar-refractivity contribution in [3.8, 4) is 5.75 Å². The summed E-state index contributed by atoms with van der Waals surface area (Å²) < 4.78 is 33.2. The largest absolute Gasteiger partial charge is 0.495 e. The molecule has 27 heavy (non-hydrogen) atoms. The molecule has 0 aliphatic carbocycles. The Morgan fingerprint density at radius 2 is 2.07 bits per heavy atom. The SMILES string of the molecule is COc1ccc(Cl)cc1S(=O)(=O)N1CCN(C(=O)c2cnn[nH]2)CC1(C)C. The number of aromatic amines is 1. The standard InChI is InChI=1S/C16H20ClN5O4S/c1-16(2)10-21(15(23)12-9-18-20-19-12)6-7-22(16)27(24,25)14-8-11(17)4-5-13(14)26-3/h4-5,8-9H,6-7,10H2,1-3H3,(H,18,19,20). The molecule has 0 radical (unpaired) electrons. The Bertz CT molecular complexity index is 946. The van der Waals surface area contributed by atoms with Crippen molar-refractivity contribution in [2.75, 3.05) is 26.7 Å². The number of carbonyl (C=O) groups is 1. The predicted octanol–water partition coefficient (Wildman–Crippen LogP) is 1.39. The van der Waals surface area contributed by atoms with Gasteiger partial charge in [-0.3, -0.25) is 9.89 Å². The van der Waals surface area contributed by atoms with E-state index in [1.54, 1.807) is 24.8 Å². The van der Waals surface area contributed by atoms with Crippen molar-refractivity contribution in [2.24, 2.45) is 0 Å². The topological polar surface area (TPSA) is 108 Å². The summed E-state index contributed by atoms with van der Waals surface area (Å²) in [5.41, 5.74) is -0.577. The minimum atomic E-state index is -3.88. The second-order valence-electron chi connectivity index (χ2n) is 6.78. The van der Waals surface area contributed by atoms with Crippen molar-refractivity contribution in [3.05, 3.63) is 35.1 Å². The quantitative estimate of drug-likeness (QED) is 0.811. The average molecular weight is 414 g/mol. The van der Waals surface area contributed by atoms with Crippen LogP contribution in [-0.4, -0.2) is 71.2 Å². The normalized spacial score (nSPS) is 17.7. The number of methoxy groups -OCH3 is 1. The van der Waals surface area contributed by atoms with Gasteiger partial charge in [-0.2, -0.15) is 4.31 Å². The van der Waals surface area contributed by atoms with Crippen LogP contribution in [0, 0.1) is 0 Å². The summed E-state index contributed by atoms with van der Waals surface area (Å²) in [7, 11) is -2.48. The van der Waals surface area contributed by atoms with Crippen LogP contribution in [0.25, 0.3) is 0 Å². The van der Waals surface area contributed by atoms with Gasteiger partial charge in [-0.05, 0) is 32.0 Å². The van der Waals surface area contributed by atoms with Crippen LogP contribution >= 0.6 is 11.6 Å². The summed E-state index contributed by atoms with van der Waals surface area (Å²) in [6.45, 7) is 4.13. The Hall–Kier alpha value is -2.17. The minimum Gasteiger partial charge on any atom is -0.495 e. The number of rotatable bonds is 4. The Labute approximate surface area is 162 Å². The number of piperazine rings is 1. The third-order valence-electron chi connectivity index (χ3n) is 4.45. The van der Waals surface area contributed by atoms with Gasteiger partial charge in [0.1, 0.15) is 16.3 Å². The highest BCUT2D eigenvalue weighted by Crippen LogP contribution is 2.34. The lowest BCUT2D eigenvalue weighted by Gasteiger charge is -2.45. The molecule has 3 rings (SSSR count). The first-order valence-electron chi connectivity index (χ1n) is 8.18. The second kappa shape index (κ2) is 7.10. The van der Waals surface area contributed by atoms with Crippen LogP contribution in [0.3, 0.4) is 0 Å². The van der Waals surface area contributed by atoms with Gasteiger partial charge in [0.15, 0.2) is 0 Å². The van der Waals surface area contributed by atoms with Gasteiger partial charge in [0.05, 0.1) is 13.3 Å². The van der Waals surface area contributed by atoms with E-state index in [-0.39, 0.29) is 41.9 Å². The summed E-state index contributed by atoms with van der Waals surface area (Å²) in [5.74, 6) is -0.0531. The maximum atomic E-state index is 13.3. The molecule has 0 saturated carbocycles. The molecule has 2 aromatic rings. The number of hydrogen-bond donors (Lipinski definition) is 1. The molecule has 1 fully saturated rings. The third kappa shape index (κ3) is 3.64. The smallest absolute Gasteiger partial charge is 0.273 e. The molecule has 11 heteroatoms. The van der Waals surface area contributed by atoms with Crippen LogP contribution in [0.4, 0.5) is 0 Å². The number of carbonyl (C=O) groups excluding carboxylic acids is 1. The van der Waals surface area contributed by atoms with Gasteiger partial charge in [0.25, 0.3) is 5.91 Å². The van der Waals surface area contributed by atoms with Crippen LogP contribution in [0.15, 0.2) is 29.3 Å². The summed E-state index contributed by atoms with van der Waals surface area (Å²) in [5, 5.41) is 9.98. The molecule has 1 aliphatic heterocycles. The molecule has 1 N–H and O–H groups in total. The van der Waals surface area contributed by atoms with Crippen molar-refractivity contribution in [1.82, 2.24) is 24.6 Å². The van der Waals surface area contributed by atoms with Crippen LogP contribution in [0.1, 0.15) is 24.3 Å². The van der Waals surface area contributed by atoms with Crippen molar-refractivity contribution in [2.45, 2.75) is 24.3 Å². The van der Waals surface area contributed by atoms with Gasteiger partial charge in [0.2, 0.25) is 10.0 Å². The van der Waals surface area contributed by atoms with E-state index >= 15 is 0 Å². The molecular weight excluding hydrogens is 394 g/mol. The van der Waals surface area contributed by atoms with Gasteiger partial charge >= 0.3 is 0 Å². The van der Waals surface area contributed by atoms with Crippen molar-refractivity contribution in [1.29, 1.82) is 0 Å². The van der Waals surface area contributed by atoms with E-state index in [4.69, 9.17) is 16.3 Å². The Kier molecular flexibility index (Phi) is 5.15. The number of aromatic nitrogens is 3. The predicted molar refractivity (Wildman–Crippen MR) is 98.3 cm³/mol. The molecule has 1 aromatic carbocycles. The van der Waals surface area contributed by atoms with E-state index < -0.39 is 15.6 Å². The fourth-order valence-corrected chi connectivity index (χ4v) is 5.39. The van der Waals surface area contributed by atoms with E-state index in [0.29, 0.717) is 5.02 Å². The van der Waals surface area contributed by atoms with E-state index in [0.717, 1.165) is 0 Å². The fraction of sp³-hybridized carbons (Fsp3) is 0.438. The number of nitrogens with one attached hydrogen (secondary N) is 1. The molecule has 0 bridgehead atoms. The lowest BCUT2D eigenvalue weighted by atomic mass is 10.0. The molecule has 2 heterocycles. The highest BCUT2D eigenvalue weighted by Gasteiger charge is 2.44. The number of halogens is 1. The molecule has 1 amide bonds. The second-order valence-corrected chi connectivity index (χ2v) is 9.05. The number of hydrogen-bond acceptors (Lipinski definition) is 6.